The summed E-state index contributed by atoms with van der Waals surface area (Å²) in [6.45, 7) is 2.89. The number of hydrogen-bond donors (Lipinski definition) is 0. The summed E-state index contributed by atoms with van der Waals surface area (Å²) in [5, 5.41) is 0. The lowest BCUT2D eigenvalue weighted by atomic mass is 9.75. The van der Waals surface area contributed by atoms with Gasteiger partial charge in [-0.1, -0.05) is 19.3 Å². The van der Waals surface area contributed by atoms with Crippen LogP contribution in [0.2, 0.25) is 0 Å². The molecule has 0 aromatic carbocycles. The van der Waals surface area contributed by atoms with Crippen LogP contribution in [0.25, 0.3) is 0 Å². The van der Waals surface area contributed by atoms with Crippen molar-refractivity contribution in [2.24, 2.45) is 11.8 Å². The van der Waals surface area contributed by atoms with E-state index < -0.39 is 11.9 Å². The third-order valence-corrected chi connectivity index (χ3v) is 5.19. The van der Waals surface area contributed by atoms with E-state index >= 15 is 0 Å². The topological polar surface area (TPSA) is 33.2 Å². The van der Waals surface area contributed by atoms with Gasteiger partial charge in [0.1, 0.15) is 5.69 Å². The maximum absolute atomic E-state index is 12.7. The minimum Gasteiger partial charge on any atom is -0.338 e. The molecule has 0 radical (unpaired) electrons. The first-order valence-electron chi connectivity index (χ1n) is 8.20. The van der Waals surface area contributed by atoms with Gasteiger partial charge in [0.25, 0.3) is 5.91 Å². The number of rotatable bonds is 1. The summed E-state index contributed by atoms with van der Waals surface area (Å²) in [5.41, 5.74) is -0.514. The number of halogens is 3. The van der Waals surface area contributed by atoms with Gasteiger partial charge in [0.15, 0.2) is 0 Å². The van der Waals surface area contributed by atoms with Crippen LogP contribution in [-0.2, 0) is 6.18 Å². The maximum atomic E-state index is 12.7. The van der Waals surface area contributed by atoms with Gasteiger partial charge in [-0.3, -0.25) is 4.79 Å². The Morgan fingerprint density at radius 1 is 1.17 bits per heavy atom. The van der Waals surface area contributed by atoms with Gasteiger partial charge in [-0.05, 0) is 43.7 Å². The molecule has 6 heteroatoms. The van der Waals surface area contributed by atoms with Crippen LogP contribution >= 0.6 is 0 Å². The number of pyridine rings is 1. The minimum absolute atomic E-state index is 0.149. The fourth-order valence-corrected chi connectivity index (χ4v) is 3.90. The lowest BCUT2D eigenvalue weighted by Gasteiger charge is -2.41. The van der Waals surface area contributed by atoms with Crippen molar-refractivity contribution in [2.75, 3.05) is 13.1 Å². The van der Waals surface area contributed by atoms with Crippen LogP contribution in [0.4, 0.5) is 13.2 Å². The number of amides is 1. The summed E-state index contributed by atoms with van der Waals surface area (Å²) < 4.78 is 38.0. The van der Waals surface area contributed by atoms with Crippen LogP contribution in [0, 0.1) is 18.8 Å². The van der Waals surface area contributed by atoms with Gasteiger partial charge in [-0.15, -0.1) is 0 Å². The fraction of sp³-hybridized carbons (Fsp3) is 0.647. The molecule has 3 nitrogen and oxygen atoms in total. The summed E-state index contributed by atoms with van der Waals surface area (Å²) in [4.78, 5) is 18.0. The SMILES string of the molecule is Cc1nc(C(F)(F)F)ccc1C(=O)N1CC[C@@H]2CCCC[C@@H]2C1. The van der Waals surface area contributed by atoms with E-state index in [2.05, 4.69) is 4.98 Å². The number of piperidine rings is 1. The van der Waals surface area contributed by atoms with Crippen molar-refractivity contribution in [2.45, 2.75) is 45.2 Å². The molecule has 1 aliphatic carbocycles. The first kappa shape index (κ1) is 16.3. The Balaban J connectivity index is 1.75. The Labute approximate surface area is 133 Å². The van der Waals surface area contributed by atoms with Gasteiger partial charge >= 0.3 is 6.18 Å². The van der Waals surface area contributed by atoms with Crippen LogP contribution in [0.15, 0.2) is 12.1 Å². The molecule has 1 saturated heterocycles. The van der Waals surface area contributed by atoms with Crippen LogP contribution in [-0.4, -0.2) is 28.9 Å². The molecular formula is C17H21F3N2O. The Hall–Kier alpha value is -1.59. The number of fused-ring (bicyclic) bond motifs is 1. The summed E-state index contributed by atoms with van der Waals surface area (Å²) in [6.07, 6.45) is 1.41. The van der Waals surface area contributed by atoms with E-state index in [4.69, 9.17) is 0 Å². The van der Waals surface area contributed by atoms with Crippen molar-refractivity contribution in [1.82, 2.24) is 9.88 Å². The van der Waals surface area contributed by atoms with Gasteiger partial charge in [-0.25, -0.2) is 4.98 Å². The zero-order valence-corrected chi connectivity index (χ0v) is 13.2. The molecule has 0 bridgehead atoms. The highest BCUT2D eigenvalue weighted by Gasteiger charge is 2.35. The second-order valence-corrected chi connectivity index (χ2v) is 6.67. The molecule has 2 heterocycles. The van der Waals surface area contributed by atoms with Crippen molar-refractivity contribution in [1.29, 1.82) is 0 Å². The number of alkyl halides is 3. The van der Waals surface area contributed by atoms with Gasteiger partial charge in [0.2, 0.25) is 0 Å². The summed E-state index contributed by atoms with van der Waals surface area (Å²) >= 11 is 0. The Morgan fingerprint density at radius 3 is 2.52 bits per heavy atom. The van der Waals surface area contributed by atoms with E-state index in [-0.39, 0.29) is 17.2 Å². The summed E-state index contributed by atoms with van der Waals surface area (Å²) in [6, 6.07) is 2.16. The van der Waals surface area contributed by atoms with Crippen molar-refractivity contribution in [3.05, 3.63) is 29.1 Å². The van der Waals surface area contributed by atoms with Crippen molar-refractivity contribution in [3.63, 3.8) is 0 Å². The maximum Gasteiger partial charge on any atom is 0.433 e. The monoisotopic (exact) mass is 326 g/mol. The molecule has 1 amide bonds. The molecule has 0 spiro atoms. The zero-order valence-electron chi connectivity index (χ0n) is 13.2. The second-order valence-electron chi connectivity index (χ2n) is 6.67. The molecule has 2 atom stereocenters. The predicted molar refractivity (Wildman–Crippen MR) is 79.9 cm³/mol. The number of aryl methyl sites for hydroxylation is 1. The standard InChI is InChI=1S/C17H21F3N2O/c1-11-14(6-7-15(21-11)17(18,19)20)16(23)22-9-8-12-4-2-3-5-13(12)10-22/h6-7,12-13H,2-5,8-10H2,1H3/t12-,13+/m0/s1. The smallest absolute Gasteiger partial charge is 0.338 e. The minimum atomic E-state index is -4.48. The first-order chi connectivity index (χ1) is 10.9. The second kappa shape index (κ2) is 6.13. The lowest BCUT2D eigenvalue weighted by molar-refractivity contribution is -0.141. The van der Waals surface area contributed by atoms with Crippen molar-refractivity contribution < 1.29 is 18.0 Å². The molecule has 1 aromatic heterocycles. The molecular weight excluding hydrogens is 305 g/mol. The number of aromatic nitrogens is 1. The van der Waals surface area contributed by atoms with Crippen molar-refractivity contribution >= 4 is 5.91 Å². The van der Waals surface area contributed by atoms with Crippen LogP contribution in [0.3, 0.4) is 0 Å². The lowest BCUT2D eigenvalue weighted by Crippen LogP contribution is -2.45. The number of carbonyl (C=O) groups excluding carboxylic acids is 1. The molecule has 2 aliphatic rings. The molecule has 3 rings (SSSR count). The molecule has 1 saturated carbocycles. The zero-order chi connectivity index (χ0) is 16.6. The molecule has 2 fully saturated rings. The number of nitrogens with zero attached hydrogens (tertiary/aromatic N) is 2. The third kappa shape index (κ3) is 3.35. The Kier molecular flexibility index (Phi) is 4.34. The largest absolute Gasteiger partial charge is 0.433 e. The molecule has 23 heavy (non-hydrogen) atoms. The number of likely N-dealkylation sites (tertiary alicyclic amines) is 1. The Morgan fingerprint density at radius 2 is 1.87 bits per heavy atom. The van der Waals surface area contributed by atoms with E-state index in [9.17, 15) is 18.0 Å². The van der Waals surface area contributed by atoms with Gasteiger partial charge < -0.3 is 4.90 Å². The quantitative estimate of drug-likeness (QED) is 0.780. The van der Waals surface area contributed by atoms with Crippen molar-refractivity contribution in [3.8, 4) is 0 Å². The molecule has 126 valence electrons. The van der Waals surface area contributed by atoms with E-state index in [0.717, 1.165) is 25.5 Å². The predicted octanol–water partition coefficient (Wildman–Crippen LogP) is 4.06. The molecule has 1 aromatic rings. The summed E-state index contributed by atoms with van der Waals surface area (Å²) in [7, 11) is 0. The van der Waals surface area contributed by atoms with Gasteiger partial charge in [0, 0.05) is 13.1 Å². The number of carbonyl (C=O) groups is 1. The van der Waals surface area contributed by atoms with E-state index in [1.807, 2.05) is 0 Å². The fourth-order valence-electron chi connectivity index (χ4n) is 3.90. The molecule has 1 aliphatic heterocycles. The summed E-state index contributed by atoms with van der Waals surface area (Å²) in [5.74, 6) is 1.07. The highest BCUT2D eigenvalue weighted by molar-refractivity contribution is 5.95. The third-order valence-electron chi connectivity index (χ3n) is 5.19. The normalized spacial score (nSPS) is 25.1. The van der Waals surface area contributed by atoms with Gasteiger partial charge in [0.05, 0.1) is 11.3 Å². The van der Waals surface area contributed by atoms with E-state index in [1.165, 1.54) is 32.3 Å². The Bertz CT molecular complexity index is 600. The van der Waals surface area contributed by atoms with E-state index in [1.54, 1.807) is 4.90 Å². The van der Waals surface area contributed by atoms with Gasteiger partial charge in [-0.2, -0.15) is 13.2 Å². The first-order valence-corrected chi connectivity index (χ1v) is 8.20. The van der Waals surface area contributed by atoms with Crippen LogP contribution < -0.4 is 0 Å². The molecule has 0 N–H and O–H groups in total. The molecule has 0 unspecified atom stereocenters. The average molecular weight is 326 g/mol. The highest BCUT2D eigenvalue weighted by atomic mass is 19.4. The van der Waals surface area contributed by atoms with Crippen LogP contribution in [0.1, 0.15) is 53.8 Å². The average Bonchev–Trinajstić information content (AvgIpc) is 2.53. The van der Waals surface area contributed by atoms with E-state index in [0.29, 0.717) is 18.4 Å². The highest BCUT2D eigenvalue weighted by Crippen LogP contribution is 2.36. The number of hydrogen-bond acceptors (Lipinski definition) is 2. The van der Waals surface area contributed by atoms with Crippen LogP contribution in [0.5, 0.6) is 0 Å².